The maximum Gasteiger partial charge on any atom is 0.323 e. The predicted octanol–water partition coefficient (Wildman–Crippen LogP) is 2.85. The third kappa shape index (κ3) is 3.45. The Balaban J connectivity index is 2.32. The van der Waals surface area contributed by atoms with Crippen LogP contribution in [0.2, 0.25) is 5.02 Å². The molecule has 0 aliphatic heterocycles. The van der Waals surface area contributed by atoms with Crippen LogP contribution in [-0.4, -0.2) is 28.6 Å². The molecule has 1 aromatic carbocycles. The van der Waals surface area contributed by atoms with Crippen molar-refractivity contribution in [3.05, 3.63) is 29.0 Å². The average Bonchev–Trinajstić information content (AvgIpc) is 2.43. The molecule has 0 saturated carbocycles. The van der Waals surface area contributed by atoms with Crippen molar-refractivity contribution in [1.82, 2.24) is 15.0 Å². The van der Waals surface area contributed by atoms with E-state index in [-0.39, 0.29) is 17.6 Å². The number of nitrogens with one attached hydrogen (secondary N) is 2. The number of nitrogens with zero attached hydrogens (tertiary/aromatic N) is 3. The van der Waals surface area contributed by atoms with Gasteiger partial charge in [0.15, 0.2) is 0 Å². The number of ether oxygens (including phenoxy) is 1. The van der Waals surface area contributed by atoms with E-state index in [1.165, 1.54) is 18.2 Å². The van der Waals surface area contributed by atoms with E-state index >= 15 is 0 Å². The molecule has 0 bridgehead atoms. The highest BCUT2D eigenvalue weighted by Gasteiger charge is 2.09. The number of hydrogen-bond donors (Lipinski definition) is 2. The minimum absolute atomic E-state index is 0.150. The third-order valence-electron chi connectivity index (χ3n) is 2.29. The van der Waals surface area contributed by atoms with E-state index in [2.05, 4.69) is 25.6 Å². The van der Waals surface area contributed by atoms with Gasteiger partial charge in [-0.15, -0.1) is 0 Å². The van der Waals surface area contributed by atoms with Gasteiger partial charge >= 0.3 is 6.01 Å². The molecule has 0 spiro atoms. The fourth-order valence-corrected chi connectivity index (χ4v) is 1.60. The van der Waals surface area contributed by atoms with Gasteiger partial charge in [-0.05, 0) is 25.1 Å². The Morgan fingerprint density at radius 3 is 2.70 bits per heavy atom. The van der Waals surface area contributed by atoms with Gasteiger partial charge in [0, 0.05) is 12.1 Å². The van der Waals surface area contributed by atoms with Gasteiger partial charge in [-0.3, -0.25) is 0 Å². The number of anilines is 3. The molecule has 0 fully saturated rings. The molecule has 1 heterocycles. The largest absolute Gasteiger partial charge is 0.464 e. The highest BCUT2D eigenvalue weighted by Crippen LogP contribution is 2.23. The molecular weight excluding hydrogens is 285 g/mol. The smallest absolute Gasteiger partial charge is 0.323 e. The van der Waals surface area contributed by atoms with Crippen molar-refractivity contribution < 1.29 is 9.13 Å². The van der Waals surface area contributed by atoms with Crippen LogP contribution in [-0.2, 0) is 0 Å². The Hall–Kier alpha value is -2.15. The van der Waals surface area contributed by atoms with E-state index in [1.54, 1.807) is 7.05 Å². The van der Waals surface area contributed by atoms with Crippen LogP contribution in [0.3, 0.4) is 0 Å². The van der Waals surface area contributed by atoms with Gasteiger partial charge in [-0.2, -0.15) is 15.0 Å². The first-order valence-electron chi connectivity index (χ1n) is 5.91. The number of halogens is 2. The number of rotatable bonds is 5. The molecular formula is C12H13ClFN5O. The summed E-state index contributed by atoms with van der Waals surface area (Å²) in [5, 5.41) is 5.93. The Morgan fingerprint density at radius 1 is 1.25 bits per heavy atom. The van der Waals surface area contributed by atoms with Crippen molar-refractivity contribution in [2.24, 2.45) is 0 Å². The Morgan fingerprint density at radius 2 is 2.00 bits per heavy atom. The van der Waals surface area contributed by atoms with Gasteiger partial charge in [0.05, 0.1) is 12.3 Å². The summed E-state index contributed by atoms with van der Waals surface area (Å²) >= 11 is 5.83. The van der Waals surface area contributed by atoms with Gasteiger partial charge in [-0.1, -0.05) is 11.6 Å². The molecule has 0 aliphatic rings. The maximum absolute atomic E-state index is 13.6. The van der Waals surface area contributed by atoms with Gasteiger partial charge in [-0.25, -0.2) is 4.39 Å². The van der Waals surface area contributed by atoms with E-state index in [4.69, 9.17) is 16.3 Å². The molecule has 2 N–H and O–H groups in total. The summed E-state index contributed by atoms with van der Waals surface area (Å²) in [6, 6.07) is 4.31. The van der Waals surface area contributed by atoms with Crippen molar-refractivity contribution in [2.75, 3.05) is 24.3 Å². The second kappa shape index (κ2) is 6.33. The van der Waals surface area contributed by atoms with Gasteiger partial charge in [0.25, 0.3) is 0 Å². The van der Waals surface area contributed by atoms with Crippen molar-refractivity contribution in [1.29, 1.82) is 0 Å². The first-order chi connectivity index (χ1) is 9.62. The van der Waals surface area contributed by atoms with E-state index in [0.29, 0.717) is 17.6 Å². The molecule has 0 radical (unpaired) electrons. The molecule has 0 atom stereocenters. The van der Waals surface area contributed by atoms with Gasteiger partial charge < -0.3 is 15.4 Å². The first kappa shape index (κ1) is 14.3. The molecule has 0 saturated heterocycles. The molecule has 106 valence electrons. The zero-order valence-electron chi connectivity index (χ0n) is 10.9. The zero-order chi connectivity index (χ0) is 14.5. The lowest BCUT2D eigenvalue weighted by Crippen LogP contribution is -2.07. The normalized spacial score (nSPS) is 10.2. The quantitative estimate of drug-likeness (QED) is 0.884. The van der Waals surface area contributed by atoms with Crippen molar-refractivity contribution in [2.45, 2.75) is 6.92 Å². The van der Waals surface area contributed by atoms with E-state index < -0.39 is 5.82 Å². The topological polar surface area (TPSA) is 72.0 Å². The van der Waals surface area contributed by atoms with E-state index in [0.717, 1.165) is 0 Å². The monoisotopic (exact) mass is 297 g/mol. The molecule has 0 unspecified atom stereocenters. The summed E-state index contributed by atoms with van der Waals surface area (Å²) in [6.07, 6.45) is 0. The summed E-state index contributed by atoms with van der Waals surface area (Å²) in [5.41, 5.74) is 0.174. The lowest BCUT2D eigenvalue weighted by atomic mass is 10.3. The Labute approximate surface area is 120 Å². The van der Waals surface area contributed by atoms with Crippen LogP contribution in [0.15, 0.2) is 18.2 Å². The second-order valence-corrected chi connectivity index (χ2v) is 4.13. The van der Waals surface area contributed by atoms with Crippen molar-refractivity contribution >= 4 is 29.2 Å². The van der Waals surface area contributed by atoms with Crippen LogP contribution in [0.5, 0.6) is 6.01 Å². The van der Waals surface area contributed by atoms with Gasteiger partial charge in [0.1, 0.15) is 5.82 Å². The Bertz CT molecular complexity index is 610. The van der Waals surface area contributed by atoms with Crippen LogP contribution in [0.1, 0.15) is 6.92 Å². The minimum atomic E-state index is -0.459. The summed E-state index contributed by atoms with van der Waals surface area (Å²) in [4.78, 5) is 12.1. The van der Waals surface area contributed by atoms with E-state index in [1.807, 2.05) is 6.92 Å². The second-order valence-electron chi connectivity index (χ2n) is 3.70. The van der Waals surface area contributed by atoms with Gasteiger partial charge in [0.2, 0.25) is 11.9 Å². The summed E-state index contributed by atoms with van der Waals surface area (Å²) in [5.74, 6) is 0.0149. The molecule has 1 aromatic heterocycles. The lowest BCUT2D eigenvalue weighted by molar-refractivity contribution is 0.312. The molecule has 20 heavy (non-hydrogen) atoms. The van der Waals surface area contributed by atoms with Crippen LogP contribution in [0.25, 0.3) is 0 Å². The van der Waals surface area contributed by atoms with Crippen LogP contribution < -0.4 is 15.4 Å². The van der Waals surface area contributed by atoms with Crippen molar-refractivity contribution in [3.63, 3.8) is 0 Å². The highest BCUT2D eigenvalue weighted by atomic mass is 35.5. The highest BCUT2D eigenvalue weighted by molar-refractivity contribution is 6.30. The molecule has 8 heteroatoms. The van der Waals surface area contributed by atoms with Crippen LogP contribution >= 0.6 is 11.6 Å². The Kier molecular flexibility index (Phi) is 4.52. The maximum atomic E-state index is 13.6. The zero-order valence-corrected chi connectivity index (χ0v) is 11.7. The summed E-state index contributed by atoms with van der Waals surface area (Å²) in [6.45, 7) is 2.23. The van der Waals surface area contributed by atoms with Crippen LogP contribution in [0, 0.1) is 5.82 Å². The summed E-state index contributed by atoms with van der Waals surface area (Å²) in [7, 11) is 1.66. The average molecular weight is 298 g/mol. The minimum Gasteiger partial charge on any atom is -0.464 e. The predicted molar refractivity (Wildman–Crippen MR) is 75.2 cm³/mol. The fraction of sp³-hybridized carbons (Fsp3) is 0.250. The number of aromatic nitrogens is 3. The number of benzene rings is 1. The standard InChI is InChI=1S/C12H13ClFN5O/c1-3-20-12-18-10(15-2)17-11(19-12)16-9-6-7(13)4-5-8(9)14/h4-6H,3H2,1-2H3,(H2,15,16,17,18,19). The summed E-state index contributed by atoms with van der Waals surface area (Å²) < 4.78 is 18.9. The van der Waals surface area contributed by atoms with Crippen molar-refractivity contribution in [3.8, 4) is 6.01 Å². The first-order valence-corrected chi connectivity index (χ1v) is 6.29. The molecule has 6 nitrogen and oxygen atoms in total. The van der Waals surface area contributed by atoms with E-state index in [9.17, 15) is 4.39 Å². The number of hydrogen-bond acceptors (Lipinski definition) is 6. The molecule has 2 rings (SSSR count). The van der Waals surface area contributed by atoms with Crippen LogP contribution in [0.4, 0.5) is 22.0 Å². The fourth-order valence-electron chi connectivity index (χ4n) is 1.43. The molecule has 2 aromatic rings. The third-order valence-corrected chi connectivity index (χ3v) is 2.52. The molecule has 0 amide bonds. The SMILES string of the molecule is CCOc1nc(NC)nc(Nc2cc(Cl)ccc2F)n1. The lowest BCUT2D eigenvalue weighted by Gasteiger charge is -2.09. The molecule has 0 aliphatic carbocycles.